The first-order valence-corrected chi connectivity index (χ1v) is 6.71. The number of hydrogen-bond donors (Lipinski definition) is 0. The minimum atomic E-state index is 0.0361. The number of alkyl halides is 1. The molecule has 1 aromatic heterocycles. The maximum absolute atomic E-state index is 12.3. The molecule has 5 heteroatoms. The van der Waals surface area contributed by atoms with E-state index in [4.69, 9.17) is 4.74 Å². The Bertz CT molecular complexity index is 411. The van der Waals surface area contributed by atoms with Gasteiger partial charge in [-0.25, -0.2) is 0 Å². The predicted molar refractivity (Wildman–Crippen MR) is 68.4 cm³/mol. The topological polar surface area (TPSA) is 42.4 Å². The van der Waals surface area contributed by atoms with Crippen LogP contribution in [0.15, 0.2) is 18.5 Å². The van der Waals surface area contributed by atoms with Crippen molar-refractivity contribution in [3.8, 4) is 0 Å². The van der Waals surface area contributed by atoms with Gasteiger partial charge in [-0.1, -0.05) is 15.9 Å². The first kappa shape index (κ1) is 12.5. The molecule has 1 unspecified atom stereocenters. The highest BCUT2D eigenvalue weighted by Crippen LogP contribution is 2.14. The van der Waals surface area contributed by atoms with Crippen LogP contribution in [-0.4, -0.2) is 46.9 Å². The summed E-state index contributed by atoms with van der Waals surface area (Å²) in [4.78, 5) is 18.2. The van der Waals surface area contributed by atoms with Crippen LogP contribution in [0.25, 0.3) is 0 Å². The van der Waals surface area contributed by atoms with Crippen molar-refractivity contribution >= 4 is 21.8 Å². The van der Waals surface area contributed by atoms with Gasteiger partial charge >= 0.3 is 0 Å². The zero-order valence-electron chi connectivity index (χ0n) is 9.73. The molecule has 0 saturated carbocycles. The Kier molecular flexibility index (Phi) is 4.12. The minimum Gasteiger partial charge on any atom is -0.377 e. The summed E-state index contributed by atoms with van der Waals surface area (Å²) in [5, 5.41) is 0.734. The van der Waals surface area contributed by atoms with E-state index >= 15 is 0 Å². The molecule has 1 aliphatic rings. The van der Waals surface area contributed by atoms with E-state index in [0.29, 0.717) is 25.3 Å². The zero-order valence-corrected chi connectivity index (χ0v) is 11.3. The Balaban J connectivity index is 2.18. The Morgan fingerprint density at radius 2 is 2.47 bits per heavy atom. The van der Waals surface area contributed by atoms with Crippen LogP contribution in [0, 0.1) is 6.92 Å². The van der Waals surface area contributed by atoms with E-state index in [0.717, 1.165) is 10.9 Å². The molecule has 1 fully saturated rings. The van der Waals surface area contributed by atoms with Crippen molar-refractivity contribution < 1.29 is 9.53 Å². The van der Waals surface area contributed by atoms with Gasteiger partial charge in [-0.3, -0.25) is 9.78 Å². The lowest BCUT2D eigenvalue weighted by molar-refractivity contribution is 0.00522. The molecular formula is C12H15BrN2O2. The van der Waals surface area contributed by atoms with Gasteiger partial charge in [-0.15, -0.1) is 0 Å². The molecule has 0 N–H and O–H groups in total. The second-order valence-electron chi connectivity index (χ2n) is 4.13. The lowest BCUT2D eigenvalue weighted by Crippen LogP contribution is -2.49. The van der Waals surface area contributed by atoms with Gasteiger partial charge in [0, 0.05) is 24.3 Å². The number of hydrogen-bond acceptors (Lipinski definition) is 3. The quantitative estimate of drug-likeness (QED) is 0.780. The van der Waals surface area contributed by atoms with Gasteiger partial charge in [-0.2, -0.15) is 0 Å². The van der Waals surface area contributed by atoms with Gasteiger partial charge in [0.1, 0.15) is 0 Å². The summed E-state index contributed by atoms with van der Waals surface area (Å²) in [5.41, 5.74) is 1.65. The average Bonchev–Trinajstić information content (AvgIpc) is 2.38. The van der Waals surface area contributed by atoms with Crippen LogP contribution in [0.3, 0.4) is 0 Å². The predicted octanol–water partition coefficient (Wildman–Crippen LogP) is 1.63. The lowest BCUT2D eigenvalue weighted by Gasteiger charge is -2.34. The second kappa shape index (κ2) is 5.60. The van der Waals surface area contributed by atoms with E-state index in [1.807, 2.05) is 17.9 Å². The standard InChI is InChI=1S/C12H15BrN2O2/c1-9-4-10(7-14-6-9)12(16)15-2-3-17-8-11(15)5-13/h4,6-7,11H,2-3,5,8H2,1H3. The van der Waals surface area contributed by atoms with E-state index in [2.05, 4.69) is 20.9 Å². The monoisotopic (exact) mass is 298 g/mol. The van der Waals surface area contributed by atoms with Gasteiger partial charge in [-0.05, 0) is 18.6 Å². The molecule has 0 radical (unpaired) electrons. The van der Waals surface area contributed by atoms with Crippen LogP contribution in [0.2, 0.25) is 0 Å². The molecule has 17 heavy (non-hydrogen) atoms. The zero-order chi connectivity index (χ0) is 12.3. The number of nitrogens with zero attached hydrogens (tertiary/aromatic N) is 2. The molecule has 2 rings (SSSR count). The summed E-state index contributed by atoms with van der Waals surface area (Å²) in [7, 11) is 0. The van der Waals surface area contributed by atoms with Gasteiger partial charge < -0.3 is 9.64 Å². The van der Waals surface area contributed by atoms with Gasteiger partial charge in [0.25, 0.3) is 5.91 Å². The van der Waals surface area contributed by atoms with E-state index in [1.165, 1.54) is 0 Å². The van der Waals surface area contributed by atoms with Crippen LogP contribution in [-0.2, 0) is 4.74 Å². The Hall–Kier alpha value is -0.940. The number of aromatic nitrogens is 1. The number of ether oxygens (including phenoxy) is 1. The Morgan fingerprint density at radius 1 is 1.65 bits per heavy atom. The molecular weight excluding hydrogens is 284 g/mol. The van der Waals surface area contributed by atoms with Crippen molar-refractivity contribution in [1.82, 2.24) is 9.88 Å². The number of amides is 1. The van der Waals surface area contributed by atoms with Crippen LogP contribution in [0.4, 0.5) is 0 Å². The Morgan fingerprint density at radius 3 is 3.18 bits per heavy atom. The van der Waals surface area contributed by atoms with E-state index < -0.39 is 0 Å². The molecule has 0 aliphatic carbocycles. The van der Waals surface area contributed by atoms with Crippen molar-refractivity contribution in [2.24, 2.45) is 0 Å². The fourth-order valence-electron chi connectivity index (χ4n) is 1.89. The largest absolute Gasteiger partial charge is 0.377 e. The summed E-state index contributed by atoms with van der Waals surface area (Å²) in [6, 6.07) is 1.98. The highest BCUT2D eigenvalue weighted by Gasteiger charge is 2.27. The summed E-state index contributed by atoms with van der Waals surface area (Å²) < 4.78 is 5.37. The average molecular weight is 299 g/mol. The smallest absolute Gasteiger partial charge is 0.255 e. The first-order chi connectivity index (χ1) is 8.22. The van der Waals surface area contributed by atoms with Gasteiger partial charge in [0.2, 0.25) is 0 Å². The number of halogens is 1. The lowest BCUT2D eigenvalue weighted by atomic mass is 10.1. The highest BCUT2D eigenvalue weighted by molar-refractivity contribution is 9.09. The summed E-state index contributed by atoms with van der Waals surface area (Å²) in [6.45, 7) is 3.78. The van der Waals surface area contributed by atoms with Crippen LogP contribution >= 0.6 is 15.9 Å². The molecule has 1 amide bonds. The molecule has 1 aliphatic heterocycles. The molecule has 1 saturated heterocycles. The van der Waals surface area contributed by atoms with Crippen LogP contribution in [0.1, 0.15) is 15.9 Å². The number of morpholine rings is 1. The third-order valence-corrected chi connectivity index (χ3v) is 3.54. The van der Waals surface area contributed by atoms with Crippen molar-refractivity contribution in [3.63, 3.8) is 0 Å². The number of rotatable bonds is 2. The van der Waals surface area contributed by atoms with Crippen molar-refractivity contribution in [3.05, 3.63) is 29.6 Å². The van der Waals surface area contributed by atoms with Gasteiger partial charge in [0.05, 0.1) is 24.8 Å². The van der Waals surface area contributed by atoms with Crippen LogP contribution in [0.5, 0.6) is 0 Å². The second-order valence-corrected chi connectivity index (χ2v) is 4.78. The first-order valence-electron chi connectivity index (χ1n) is 5.58. The minimum absolute atomic E-state index is 0.0361. The number of aryl methyl sites for hydroxylation is 1. The molecule has 0 bridgehead atoms. The molecule has 4 nitrogen and oxygen atoms in total. The maximum atomic E-state index is 12.3. The third kappa shape index (κ3) is 2.84. The Labute approximate surface area is 109 Å². The highest BCUT2D eigenvalue weighted by atomic mass is 79.9. The maximum Gasteiger partial charge on any atom is 0.255 e. The third-order valence-electron chi connectivity index (χ3n) is 2.79. The molecule has 1 aromatic rings. The normalized spacial score (nSPS) is 20.4. The van der Waals surface area contributed by atoms with E-state index in [-0.39, 0.29) is 11.9 Å². The van der Waals surface area contributed by atoms with Crippen molar-refractivity contribution in [1.29, 1.82) is 0 Å². The van der Waals surface area contributed by atoms with Crippen LogP contribution < -0.4 is 0 Å². The molecule has 2 heterocycles. The van der Waals surface area contributed by atoms with E-state index in [1.54, 1.807) is 12.4 Å². The van der Waals surface area contributed by atoms with Crippen molar-refractivity contribution in [2.75, 3.05) is 25.1 Å². The number of carbonyl (C=O) groups excluding carboxylic acids is 1. The molecule has 1 atom stereocenters. The fraction of sp³-hybridized carbons (Fsp3) is 0.500. The summed E-state index contributed by atoms with van der Waals surface area (Å²) >= 11 is 3.42. The fourth-order valence-corrected chi connectivity index (χ4v) is 2.42. The molecule has 0 aromatic carbocycles. The van der Waals surface area contributed by atoms with Crippen molar-refractivity contribution in [2.45, 2.75) is 13.0 Å². The molecule has 92 valence electrons. The number of pyridine rings is 1. The molecule has 0 spiro atoms. The number of carbonyl (C=O) groups is 1. The summed E-state index contributed by atoms with van der Waals surface area (Å²) in [5.74, 6) is 0.0361. The SMILES string of the molecule is Cc1cncc(C(=O)N2CCOCC2CBr)c1. The summed E-state index contributed by atoms with van der Waals surface area (Å²) in [6.07, 6.45) is 3.37. The van der Waals surface area contributed by atoms with E-state index in [9.17, 15) is 4.79 Å². The van der Waals surface area contributed by atoms with Gasteiger partial charge in [0.15, 0.2) is 0 Å².